The fraction of sp³-hybridized carbons (Fsp3) is 0.368. The van der Waals surface area contributed by atoms with Crippen LogP contribution in [0.3, 0.4) is 0 Å². The third kappa shape index (κ3) is 5.30. The van der Waals surface area contributed by atoms with Crippen molar-refractivity contribution < 1.29 is 14.3 Å². The van der Waals surface area contributed by atoms with Gasteiger partial charge in [0.15, 0.2) is 0 Å². The fourth-order valence-electron chi connectivity index (χ4n) is 2.40. The molecule has 26 heavy (non-hydrogen) atoms. The summed E-state index contributed by atoms with van der Waals surface area (Å²) >= 11 is 7.57. The number of amides is 1. The first-order valence-electron chi connectivity index (χ1n) is 8.49. The van der Waals surface area contributed by atoms with Gasteiger partial charge in [-0.15, -0.1) is 11.3 Å². The Kier molecular flexibility index (Phi) is 7.63. The molecule has 0 atom stereocenters. The van der Waals surface area contributed by atoms with Crippen LogP contribution in [0.5, 0.6) is 0 Å². The van der Waals surface area contributed by atoms with E-state index in [0.717, 1.165) is 23.4 Å². The lowest BCUT2D eigenvalue weighted by atomic mass is 10.0. The highest BCUT2D eigenvalue weighted by molar-refractivity contribution is 7.21. The van der Waals surface area contributed by atoms with Crippen LogP contribution in [0.1, 0.15) is 31.1 Å². The zero-order valence-electron chi connectivity index (χ0n) is 15.1. The SMILES string of the molecule is CCOC(=O)c1c(NC(=O)CNCC(C)C)sc(Cl)c1-c1ccccc1. The van der Waals surface area contributed by atoms with Crippen LogP contribution in [-0.2, 0) is 9.53 Å². The molecule has 2 N–H and O–H groups in total. The number of hydrogen-bond donors (Lipinski definition) is 2. The molecule has 0 unspecified atom stereocenters. The molecule has 1 aromatic carbocycles. The van der Waals surface area contributed by atoms with E-state index in [0.29, 0.717) is 26.4 Å². The van der Waals surface area contributed by atoms with Crippen LogP contribution in [0.2, 0.25) is 4.34 Å². The van der Waals surface area contributed by atoms with E-state index in [9.17, 15) is 9.59 Å². The van der Waals surface area contributed by atoms with Crippen molar-refractivity contribution in [1.29, 1.82) is 0 Å². The van der Waals surface area contributed by atoms with Gasteiger partial charge in [0.1, 0.15) is 14.9 Å². The highest BCUT2D eigenvalue weighted by atomic mass is 35.5. The molecule has 2 aromatic rings. The molecule has 0 saturated carbocycles. The second-order valence-corrected chi connectivity index (χ2v) is 7.74. The van der Waals surface area contributed by atoms with Gasteiger partial charge < -0.3 is 15.4 Å². The molecule has 140 valence electrons. The number of carbonyl (C=O) groups excluding carboxylic acids is 2. The average Bonchev–Trinajstić information content (AvgIpc) is 2.91. The van der Waals surface area contributed by atoms with Crippen molar-refractivity contribution in [2.24, 2.45) is 5.92 Å². The summed E-state index contributed by atoms with van der Waals surface area (Å²) in [6.45, 7) is 7.01. The number of nitrogens with one attached hydrogen (secondary N) is 2. The van der Waals surface area contributed by atoms with Crippen molar-refractivity contribution in [3.05, 3.63) is 40.2 Å². The monoisotopic (exact) mass is 394 g/mol. The minimum Gasteiger partial charge on any atom is -0.462 e. The molecule has 2 rings (SSSR count). The predicted molar refractivity (Wildman–Crippen MR) is 107 cm³/mol. The summed E-state index contributed by atoms with van der Waals surface area (Å²) in [7, 11) is 0. The van der Waals surface area contributed by atoms with E-state index in [4.69, 9.17) is 16.3 Å². The van der Waals surface area contributed by atoms with Crippen molar-refractivity contribution in [2.45, 2.75) is 20.8 Å². The molecule has 0 aliphatic rings. The third-order valence-corrected chi connectivity index (χ3v) is 4.81. The van der Waals surface area contributed by atoms with Crippen molar-refractivity contribution >= 4 is 39.8 Å². The number of ether oxygens (including phenoxy) is 1. The van der Waals surface area contributed by atoms with Crippen LogP contribution in [0, 0.1) is 5.92 Å². The summed E-state index contributed by atoms with van der Waals surface area (Å²) < 4.78 is 5.62. The second-order valence-electron chi connectivity index (χ2n) is 6.11. The Bertz CT molecular complexity index is 760. The Morgan fingerprint density at radius 1 is 1.23 bits per heavy atom. The van der Waals surface area contributed by atoms with Gasteiger partial charge in [0.2, 0.25) is 5.91 Å². The van der Waals surface area contributed by atoms with E-state index in [-0.39, 0.29) is 19.1 Å². The number of rotatable bonds is 8. The fourth-order valence-corrected chi connectivity index (χ4v) is 3.79. The third-order valence-electron chi connectivity index (χ3n) is 3.50. The Morgan fingerprint density at radius 3 is 2.54 bits per heavy atom. The Morgan fingerprint density at radius 2 is 1.92 bits per heavy atom. The van der Waals surface area contributed by atoms with Crippen molar-refractivity contribution in [3.8, 4) is 11.1 Å². The lowest BCUT2D eigenvalue weighted by Gasteiger charge is -2.10. The standard InChI is InChI=1S/C19H23ClN2O3S/c1-4-25-19(24)16-15(13-8-6-5-7-9-13)17(20)26-18(16)22-14(23)11-21-10-12(2)3/h5-9,12,21H,4,10-11H2,1-3H3,(H,22,23). The van der Waals surface area contributed by atoms with Gasteiger partial charge in [0.25, 0.3) is 0 Å². The molecular weight excluding hydrogens is 372 g/mol. The van der Waals surface area contributed by atoms with E-state index in [1.165, 1.54) is 0 Å². The Balaban J connectivity index is 2.31. The summed E-state index contributed by atoms with van der Waals surface area (Å²) in [5.41, 5.74) is 1.68. The number of thiophene rings is 1. The van der Waals surface area contributed by atoms with Gasteiger partial charge in [-0.05, 0) is 24.9 Å². The van der Waals surface area contributed by atoms with Crippen LogP contribution < -0.4 is 10.6 Å². The lowest BCUT2D eigenvalue weighted by Crippen LogP contribution is -2.30. The summed E-state index contributed by atoms with van der Waals surface area (Å²) in [4.78, 5) is 24.7. The molecule has 0 aliphatic heterocycles. The summed E-state index contributed by atoms with van der Waals surface area (Å²) in [6.07, 6.45) is 0. The molecule has 1 aromatic heterocycles. The van der Waals surface area contributed by atoms with E-state index in [1.807, 2.05) is 30.3 Å². The molecule has 1 amide bonds. The van der Waals surface area contributed by atoms with Crippen molar-refractivity contribution in [3.63, 3.8) is 0 Å². The molecule has 0 bridgehead atoms. The van der Waals surface area contributed by atoms with Crippen LogP contribution in [0.25, 0.3) is 11.1 Å². The van der Waals surface area contributed by atoms with Gasteiger partial charge in [-0.1, -0.05) is 55.8 Å². The second kappa shape index (κ2) is 9.71. The van der Waals surface area contributed by atoms with Crippen LogP contribution >= 0.6 is 22.9 Å². The number of anilines is 1. The van der Waals surface area contributed by atoms with E-state index < -0.39 is 5.97 Å². The number of halogens is 1. The first-order chi connectivity index (χ1) is 12.4. The maximum atomic E-state index is 12.5. The van der Waals surface area contributed by atoms with Gasteiger partial charge in [-0.2, -0.15) is 0 Å². The highest BCUT2D eigenvalue weighted by Gasteiger charge is 2.26. The predicted octanol–water partition coefficient (Wildman–Crippen LogP) is 4.43. The largest absolute Gasteiger partial charge is 0.462 e. The number of hydrogen-bond acceptors (Lipinski definition) is 5. The molecule has 0 spiro atoms. The number of benzene rings is 1. The average molecular weight is 395 g/mol. The zero-order chi connectivity index (χ0) is 19.1. The first kappa shape index (κ1) is 20.4. The summed E-state index contributed by atoms with van der Waals surface area (Å²) in [5, 5.41) is 6.27. The van der Waals surface area contributed by atoms with Crippen molar-refractivity contribution in [1.82, 2.24) is 5.32 Å². The molecule has 0 saturated heterocycles. The Hall–Kier alpha value is -1.89. The molecular formula is C19H23ClN2O3S. The molecule has 0 aliphatic carbocycles. The van der Waals surface area contributed by atoms with E-state index >= 15 is 0 Å². The zero-order valence-corrected chi connectivity index (χ0v) is 16.7. The van der Waals surface area contributed by atoms with Gasteiger partial charge >= 0.3 is 5.97 Å². The van der Waals surface area contributed by atoms with Gasteiger partial charge in [-0.25, -0.2) is 4.79 Å². The van der Waals surface area contributed by atoms with Gasteiger partial charge in [0.05, 0.1) is 13.2 Å². The minimum atomic E-state index is -0.500. The van der Waals surface area contributed by atoms with Crippen LogP contribution in [-0.4, -0.2) is 31.6 Å². The van der Waals surface area contributed by atoms with Gasteiger partial charge in [0, 0.05) is 5.56 Å². The van der Waals surface area contributed by atoms with E-state index in [2.05, 4.69) is 24.5 Å². The lowest BCUT2D eigenvalue weighted by molar-refractivity contribution is -0.115. The molecule has 7 heteroatoms. The Labute approximate surface area is 162 Å². The molecule has 1 heterocycles. The topological polar surface area (TPSA) is 67.4 Å². The normalized spacial score (nSPS) is 10.8. The summed E-state index contributed by atoms with van der Waals surface area (Å²) in [5.74, 6) is -0.285. The highest BCUT2D eigenvalue weighted by Crippen LogP contribution is 2.43. The molecule has 0 radical (unpaired) electrons. The number of carbonyl (C=O) groups is 2. The summed E-state index contributed by atoms with van der Waals surface area (Å²) in [6, 6.07) is 9.36. The van der Waals surface area contributed by atoms with Crippen LogP contribution in [0.4, 0.5) is 5.00 Å². The van der Waals surface area contributed by atoms with Crippen molar-refractivity contribution in [2.75, 3.05) is 25.0 Å². The quantitative estimate of drug-likeness (QED) is 0.650. The maximum Gasteiger partial charge on any atom is 0.341 e. The minimum absolute atomic E-state index is 0.163. The van der Waals surface area contributed by atoms with Gasteiger partial charge in [-0.3, -0.25) is 4.79 Å². The first-order valence-corrected chi connectivity index (χ1v) is 9.68. The maximum absolute atomic E-state index is 12.5. The molecule has 5 nitrogen and oxygen atoms in total. The number of esters is 1. The molecule has 0 fully saturated rings. The van der Waals surface area contributed by atoms with E-state index in [1.54, 1.807) is 6.92 Å². The smallest absolute Gasteiger partial charge is 0.341 e. The van der Waals surface area contributed by atoms with Crippen LogP contribution in [0.15, 0.2) is 30.3 Å².